The van der Waals surface area contributed by atoms with Gasteiger partial charge >= 0.3 is 0 Å². The summed E-state index contributed by atoms with van der Waals surface area (Å²) in [6, 6.07) is 12.9. The zero-order valence-corrected chi connectivity index (χ0v) is 18.3. The number of fused-ring (bicyclic) bond motifs is 3. The van der Waals surface area contributed by atoms with E-state index in [0.717, 1.165) is 33.5 Å². The lowest BCUT2D eigenvalue weighted by Gasteiger charge is -2.19. The number of ether oxygens (including phenoxy) is 1. The number of benzene rings is 2. The molecule has 0 aliphatic carbocycles. The Balaban J connectivity index is 1.72. The van der Waals surface area contributed by atoms with Crippen molar-refractivity contribution < 1.29 is 9.84 Å². The van der Waals surface area contributed by atoms with E-state index in [0.29, 0.717) is 16.7 Å². The Labute approximate surface area is 182 Å². The molecular formula is C21H21BrN4O2S. The zero-order valence-electron chi connectivity index (χ0n) is 15.9. The standard InChI is InChI=1S/C21H21BrN4O2S/c1-2-3-4-10-29-21-24-20-18(25-26-21)16-12-14(22)8-9-17(16)23-19(28-20)13-6-5-7-15(27)11-13/h5-9,11-12,19,23,27H,2-4,10H2,1H3/t19-/m1/s1. The van der Waals surface area contributed by atoms with Crippen molar-refractivity contribution in [3.63, 3.8) is 0 Å². The second-order valence-corrected chi connectivity index (χ2v) is 8.71. The van der Waals surface area contributed by atoms with Crippen molar-refractivity contribution in [3.05, 3.63) is 52.5 Å². The Morgan fingerprint density at radius 1 is 1.17 bits per heavy atom. The van der Waals surface area contributed by atoms with Crippen molar-refractivity contribution in [2.45, 2.75) is 37.6 Å². The summed E-state index contributed by atoms with van der Waals surface area (Å²) in [5.41, 5.74) is 3.11. The Morgan fingerprint density at radius 2 is 2.07 bits per heavy atom. The fraction of sp³-hybridized carbons (Fsp3) is 0.286. The van der Waals surface area contributed by atoms with E-state index < -0.39 is 6.23 Å². The maximum absolute atomic E-state index is 9.90. The average molecular weight is 473 g/mol. The van der Waals surface area contributed by atoms with Gasteiger partial charge in [0.2, 0.25) is 11.0 Å². The van der Waals surface area contributed by atoms with Gasteiger partial charge in [0.05, 0.1) is 0 Å². The van der Waals surface area contributed by atoms with Gasteiger partial charge in [0.1, 0.15) is 5.75 Å². The number of hydrogen-bond acceptors (Lipinski definition) is 7. The number of aromatic hydroxyl groups is 1. The first kappa shape index (κ1) is 20.0. The van der Waals surface area contributed by atoms with Crippen molar-refractivity contribution in [2.75, 3.05) is 11.1 Å². The molecule has 0 fully saturated rings. The fourth-order valence-corrected chi connectivity index (χ4v) is 4.22. The van der Waals surface area contributed by atoms with E-state index in [1.807, 2.05) is 24.3 Å². The number of nitrogens with zero attached hydrogens (tertiary/aromatic N) is 3. The highest BCUT2D eigenvalue weighted by Crippen LogP contribution is 2.41. The molecule has 2 heterocycles. The summed E-state index contributed by atoms with van der Waals surface area (Å²) in [5, 5.41) is 22.6. The van der Waals surface area contributed by atoms with Crippen LogP contribution in [0.2, 0.25) is 0 Å². The summed E-state index contributed by atoms with van der Waals surface area (Å²) in [4.78, 5) is 4.65. The van der Waals surface area contributed by atoms with Crippen LogP contribution in [0.4, 0.5) is 5.69 Å². The summed E-state index contributed by atoms with van der Waals surface area (Å²) in [6.07, 6.45) is 2.96. The smallest absolute Gasteiger partial charge is 0.247 e. The van der Waals surface area contributed by atoms with Crippen LogP contribution < -0.4 is 10.1 Å². The van der Waals surface area contributed by atoms with Gasteiger partial charge in [0.15, 0.2) is 11.9 Å². The highest BCUT2D eigenvalue weighted by molar-refractivity contribution is 9.10. The molecule has 1 aliphatic heterocycles. The molecule has 6 nitrogen and oxygen atoms in total. The van der Waals surface area contributed by atoms with Crippen LogP contribution in [0.25, 0.3) is 11.3 Å². The van der Waals surface area contributed by atoms with Crippen LogP contribution in [0.1, 0.15) is 38.0 Å². The largest absolute Gasteiger partial charge is 0.508 e. The molecule has 0 unspecified atom stereocenters. The van der Waals surface area contributed by atoms with Crippen molar-refractivity contribution in [3.8, 4) is 22.9 Å². The van der Waals surface area contributed by atoms with Crippen LogP contribution in [0.15, 0.2) is 52.1 Å². The molecule has 0 saturated heterocycles. The minimum Gasteiger partial charge on any atom is -0.508 e. The number of thioether (sulfide) groups is 1. The van der Waals surface area contributed by atoms with Gasteiger partial charge in [-0.25, -0.2) is 0 Å². The third-order valence-electron chi connectivity index (χ3n) is 4.54. The minimum absolute atomic E-state index is 0.182. The summed E-state index contributed by atoms with van der Waals surface area (Å²) in [7, 11) is 0. The number of anilines is 1. The number of phenolic OH excluding ortho intramolecular Hbond substituents is 1. The van der Waals surface area contributed by atoms with Gasteiger partial charge in [-0.3, -0.25) is 0 Å². The third-order valence-corrected chi connectivity index (χ3v) is 5.96. The maximum atomic E-state index is 9.90. The van der Waals surface area contributed by atoms with Gasteiger partial charge in [0, 0.05) is 27.0 Å². The van der Waals surface area contributed by atoms with Crippen LogP contribution in [0.5, 0.6) is 11.6 Å². The number of phenols is 1. The van der Waals surface area contributed by atoms with Crippen molar-refractivity contribution in [1.82, 2.24) is 15.2 Å². The van der Waals surface area contributed by atoms with Crippen molar-refractivity contribution >= 4 is 33.4 Å². The zero-order chi connectivity index (χ0) is 20.2. The van der Waals surface area contributed by atoms with E-state index in [1.165, 1.54) is 12.8 Å². The molecule has 3 aromatic rings. The molecule has 1 aromatic heterocycles. The molecule has 0 saturated carbocycles. The van der Waals surface area contributed by atoms with E-state index in [-0.39, 0.29) is 5.75 Å². The van der Waals surface area contributed by atoms with Crippen LogP contribution in [0.3, 0.4) is 0 Å². The molecule has 2 N–H and O–H groups in total. The number of rotatable bonds is 6. The Kier molecular flexibility index (Phi) is 6.20. The molecular weight excluding hydrogens is 452 g/mol. The van der Waals surface area contributed by atoms with E-state index in [1.54, 1.807) is 30.0 Å². The monoisotopic (exact) mass is 472 g/mol. The molecule has 1 atom stereocenters. The van der Waals surface area contributed by atoms with E-state index in [9.17, 15) is 5.11 Å². The second-order valence-electron chi connectivity index (χ2n) is 6.73. The summed E-state index contributed by atoms with van der Waals surface area (Å²) in [5.74, 6) is 1.56. The summed E-state index contributed by atoms with van der Waals surface area (Å²) >= 11 is 5.12. The number of halogens is 1. The second kappa shape index (κ2) is 9.00. The molecule has 29 heavy (non-hydrogen) atoms. The van der Waals surface area contributed by atoms with Gasteiger partial charge in [-0.15, -0.1) is 10.2 Å². The maximum Gasteiger partial charge on any atom is 0.247 e. The Hall–Kier alpha value is -2.32. The lowest BCUT2D eigenvalue weighted by Crippen LogP contribution is -2.17. The molecule has 8 heteroatoms. The molecule has 2 aromatic carbocycles. The number of unbranched alkanes of at least 4 members (excludes halogenated alkanes) is 2. The lowest BCUT2D eigenvalue weighted by atomic mass is 10.1. The topological polar surface area (TPSA) is 80.2 Å². The predicted octanol–water partition coefficient (Wildman–Crippen LogP) is 5.79. The molecule has 0 radical (unpaired) electrons. The number of nitrogens with one attached hydrogen (secondary N) is 1. The number of aromatic nitrogens is 3. The van der Waals surface area contributed by atoms with Crippen molar-refractivity contribution in [1.29, 1.82) is 0 Å². The van der Waals surface area contributed by atoms with Crippen LogP contribution in [-0.2, 0) is 0 Å². The van der Waals surface area contributed by atoms with E-state index in [2.05, 4.69) is 43.4 Å². The first-order valence-corrected chi connectivity index (χ1v) is 11.3. The molecule has 4 rings (SSSR count). The fourth-order valence-electron chi connectivity index (χ4n) is 3.09. The molecule has 0 spiro atoms. The highest BCUT2D eigenvalue weighted by atomic mass is 79.9. The predicted molar refractivity (Wildman–Crippen MR) is 118 cm³/mol. The Bertz CT molecular complexity index is 1020. The molecule has 150 valence electrons. The quantitative estimate of drug-likeness (QED) is 0.346. The van der Waals surface area contributed by atoms with Crippen LogP contribution in [0, 0.1) is 0 Å². The Morgan fingerprint density at radius 3 is 2.90 bits per heavy atom. The SMILES string of the molecule is CCCCCSc1nnc2c(n1)O[C@H](c1cccc(O)c1)Nc1ccc(Br)cc1-2. The normalized spacial score (nSPS) is 14.9. The lowest BCUT2D eigenvalue weighted by molar-refractivity contribution is 0.225. The van der Waals surface area contributed by atoms with Crippen LogP contribution >= 0.6 is 27.7 Å². The summed E-state index contributed by atoms with van der Waals surface area (Å²) < 4.78 is 7.15. The average Bonchev–Trinajstić information content (AvgIpc) is 2.87. The van der Waals surface area contributed by atoms with Gasteiger partial charge in [-0.2, -0.15) is 4.98 Å². The molecule has 1 aliphatic rings. The molecule has 0 bridgehead atoms. The highest BCUT2D eigenvalue weighted by Gasteiger charge is 2.26. The van der Waals surface area contributed by atoms with Crippen molar-refractivity contribution in [2.24, 2.45) is 0 Å². The van der Waals surface area contributed by atoms with Gasteiger partial charge in [0.25, 0.3) is 0 Å². The summed E-state index contributed by atoms with van der Waals surface area (Å²) in [6.45, 7) is 2.18. The van der Waals surface area contributed by atoms with Crippen LogP contribution in [-0.4, -0.2) is 26.0 Å². The van der Waals surface area contributed by atoms with Gasteiger partial charge in [-0.1, -0.05) is 59.6 Å². The first-order valence-electron chi connectivity index (χ1n) is 9.53. The first-order chi connectivity index (χ1) is 14.1. The minimum atomic E-state index is -0.516. The van der Waals surface area contributed by atoms with E-state index >= 15 is 0 Å². The third kappa shape index (κ3) is 4.64. The number of hydrogen-bond donors (Lipinski definition) is 2. The molecule has 0 amide bonds. The van der Waals surface area contributed by atoms with E-state index in [4.69, 9.17) is 4.74 Å². The van der Waals surface area contributed by atoms with Gasteiger partial charge in [-0.05, 0) is 36.8 Å². The van der Waals surface area contributed by atoms with Gasteiger partial charge < -0.3 is 15.2 Å².